The minimum Gasteiger partial charge on any atom is -0.444 e. The standard InChI is InChI=1S/C25H27F3N4O3.C23H21F3N4O2/c1-24(2,3)35-23(34)32-12-16(14-33)20(13-32)31-22-18-5-4-10-29-21(18)19(11-30-22)15-6-8-17(9-7-15)25(26,27)28;1-2-20(32)30-11-15(13-31)19(12-30)29-22-17-4-3-9-27-21(17)18(10-28-22)14-5-7-16(8-6-14)23(24,25)26/h4-11,16,20,33H,12-14H2,1-3H3,(H,30,31);2-10,15,19,31H,1,11-13H2,(H,28,29)/t16-,20+;15-,19+/m00/s1. The highest BCUT2D eigenvalue weighted by atomic mass is 19.4. The number of alkyl halides is 6. The number of halogens is 6. The van der Waals surface area contributed by atoms with Crippen molar-refractivity contribution in [2.75, 3.05) is 50.0 Å². The number of benzene rings is 2. The summed E-state index contributed by atoms with van der Waals surface area (Å²) in [5.41, 5.74) is 1.41. The van der Waals surface area contributed by atoms with Gasteiger partial charge in [-0.15, -0.1) is 0 Å². The van der Waals surface area contributed by atoms with E-state index in [-0.39, 0.29) is 43.0 Å². The van der Waals surface area contributed by atoms with Gasteiger partial charge in [0.1, 0.15) is 17.2 Å². The molecule has 2 aliphatic heterocycles. The summed E-state index contributed by atoms with van der Waals surface area (Å²) in [6.45, 7) is 10.1. The Labute approximate surface area is 381 Å². The molecular weight excluding hydrogens is 883 g/mol. The van der Waals surface area contributed by atoms with E-state index in [1.165, 1.54) is 30.3 Å². The lowest BCUT2D eigenvalue weighted by Crippen LogP contribution is -2.36. The molecule has 8 rings (SSSR count). The predicted molar refractivity (Wildman–Crippen MR) is 241 cm³/mol. The van der Waals surface area contributed by atoms with Gasteiger partial charge in [0.25, 0.3) is 0 Å². The summed E-state index contributed by atoms with van der Waals surface area (Å²) >= 11 is 0. The monoisotopic (exact) mass is 930 g/mol. The Kier molecular flexibility index (Phi) is 14.0. The molecule has 0 radical (unpaired) electrons. The van der Waals surface area contributed by atoms with Crippen LogP contribution in [0.4, 0.5) is 42.8 Å². The molecule has 2 aromatic carbocycles. The molecule has 2 saturated heterocycles. The van der Waals surface area contributed by atoms with E-state index in [9.17, 15) is 46.1 Å². The van der Waals surface area contributed by atoms with Crippen LogP contribution < -0.4 is 10.6 Å². The van der Waals surface area contributed by atoms with Crippen molar-refractivity contribution in [3.05, 3.63) is 121 Å². The molecule has 19 heteroatoms. The molecule has 352 valence electrons. The van der Waals surface area contributed by atoms with Crippen molar-refractivity contribution in [3.63, 3.8) is 0 Å². The number of aliphatic hydroxyl groups is 2. The van der Waals surface area contributed by atoms with Crippen molar-refractivity contribution < 1.29 is 50.9 Å². The van der Waals surface area contributed by atoms with Crippen molar-refractivity contribution in [1.29, 1.82) is 0 Å². The van der Waals surface area contributed by atoms with Crippen molar-refractivity contribution >= 4 is 45.4 Å². The fraction of sp³-hybridized carbons (Fsp3) is 0.333. The maximum absolute atomic E-state index is 13.0. The largest absolute Gasteiger partial charge is 0.444 e. The number of hydrogen-bond acceptors (Lipinski definition) is 11. The van der Waals surface area contributed by atoms with Crippen LogP contribution in [0.25, 0.3) is 44.1 Å². The number of ether oxygens (including phenoxy) is 1. The lowest BCUT2D eigenvalue weighted by molar-refractivity contribution is -0.138. The number of anilines is 2. The fourth-order valence-electron chi connectivity index (χ4n) is 8.05. The minimum absolute atomic E-state index is 0.0988. The van der Waals surface area contributed by atoms with Crippen LogP contribution in [0.3, 0.4) is 0 Å². The lowest BCUT2D eigenvalue weighted by atomic mass is 10.0. The zero-order valence-electron chi connectivity index (χ0n) is 36.6. The maximum Gasteiger partial charge on any atom is 0.416 e. The molecular formula is C48H48F6N8O5. The number of fused-ring (bicyclic) bond motifs is 2. The van der Waals surface area contributed by atoms with Crippen LogP contribution in [0.2, 0.25) is 0 Å². The van der Waals surface area contributed by atoms with Crippen LogP contribution in [-0.2, 0) is 21.9 Å². The summed E-state index contributed by atoms with van der Waals surface area (Å²) in [5.74, 6) is 0.427. The van der Waals surface area contributed by atoms with E-state index in [1.807, 2.05) is 12.1 Å². The summed E-state index contributed by atoms with van der Waals surface area (Å²) in [5, 5.41) is 27.7. The van der Waals surface area contributed by atoms with Gasteiger partial charge >= 0.3 is 18.4 Å². The molecule has 0 saturated carbocycles. The summed E-state index contributed by atoms with van der Waals surface area (Å²) < 4.78 is 83.0. The predicted octanol–water partition coefficient (Wildman–Crippen LogP) is 8.69. The van der Waals surface area contributed by atoms with Crippen molar-refractivity contribution in [2.45, 2.75) is 50.8 Å². The Morgan fingerprint density at radius 2 is 1.09 bits per heavy atom. The van der Waals surface area contributed by atoms with E-state index in [1.54, 1.807) is 67.5 Å². The third kappa shape index (κ3) is 11.1. The number of rotatable bonds is 9. The third-order valence-electron chi connectivity index (χ3n) is 11.5. The lowest BCUT2D eigenvalue weighted by Gasteiger charge is -2.24. The number of amides is 2. The number of pyridine rings is 4. The molecule has 2 aliphatic rings. The van der Waals surface area contributed by atoms with Crippen LogP contribution in [-0.4, -0.2) is 109 Å². The average Bonchev–Trinajstić information content (AvgIpc) is 3.92. The molecule has 6 heterocycles. The van der Waals surface area contributed by atoms with Crippen molar-refractivity contribution in [1.82, 2.24) is 29.7 Å². The third-order valence-corrected chi connectivity index (χ3v) is 11.5. The highest BCUT2D eigenvalue weighted by Gasteiger charge is 2.38. The number of carbonyl (C=O) groups is 2. The molecule has 2 amide bonds. The zero-order chi connectivity index (χ0) is 48.3. The molecule has 0 aliphatic carbocycles. The second-order valence-electron chi connectivity index (χ2n) is 17.2. The van der Waals surface area contributed by atoms with Gasteiger partial charge in [-0.3, -0.25) is 14.8 Å². The van der Waals surface area contributed by atoms with E-state index in [2.05, 4.69) is 37.1 Å². The van der Waals surface area contributed by atoms with Gasteiger partial charge < -0.3 is 35.4 Å². The quantitative estimate of drug-likeness (QED) is 0.0810. The zero-order valence-corrected chi connectivity index (χ0v) is 36.6. The maximum atomic E-state index is 13.0. The topological polar surface area (TPSA) is 166 Å². The Morgan fingerprint density at radius 1 is 0.672 bits per heavy atom. The van der Waals surface area contributed by atoms with Crippen LogP contribution in [0, 0.1) is 11.8 Å². The smallest absolute Gasteiger partial charge is 0.416 e. The first-order valence-electron chi connectivity index (χ1n) is 21.2. The van der Waals surface area contributed by atoms with Gasteiger partial charge in [0.15, 0.2) is 0 Å². The van der Waals surface area contributed by atoms with Crippen LogP contribution in [0.5, 0.6) is 0 Å². The van der Waals surface area contributed by atoms with E-state index < -0.39 is 35.2 Å². The van der Waals surface area contributed by atoms with Crippen molar-refractivity contribution in [3.8, 4) is 22.3 Å². The summed E-state index contributed by atoms with van der Waals surface area (Å²) in [4.78, 5) is 45.6. The summed E-state index contributed by atoms with van der Waals surface area (Å²) in [7, 11) is 0. The highest BCUT2D eigenvalue weighted by Crippen LogP contribution is 2.37. The van der Waals surface area contributed by atoms with Gasteiger partial charge in [0, 0.05) is 97.9 Å². The van der Waals surface area contributed by atoms with Crippen LogP contribution in [0.1, 0.15) is 31.9 Å². The van der Waals surface area contributed by atoms with E-state index >= 15 is 0 Å². The molecule has 0 spiro atoms. The molecule has 4 aromatic heterocycles. The Balaban J connectivity index is 0.000000200. The van der Waals surface area contributed by atoms with E-state index in [0.29, 0.717) is 81.9 Å². The van der Waals surface area contributed by atoms with Crippen molar-refractivity contribution in [2.24, 2.45) is 11.8 Å². The van der Waals surface area contributed by atoms with E-state index in [4.69, 9.17) is 4.74 Å². The Bertz CT molecular complexity index is 2730. The second-order valence-corrected chi connectivity index (χ2v) is 17.2. The number of nitrogens with zero attached hydrogens (tertiary/aromatic N) is 6. The molecule has 4 N–H and O–H groups in total. The molecule has 6 aromatic rings. The SMILES string of the molecule is C=CC(=O)N1C[C@@H](CO)[C@H](Nc2ncc(-c3ccc(C(F)(F)F)cc3)c3ncccc23)C1.CC(C)(C)OC(=O)N1C[C@@H](CO)[C@H](Nc2ncc(-c3ccc(C(F)(F)F)cc3)c3ncccc23)C1. The van der Waals surface area contributed by atoms with E-state index in [0.717, 1.165) is 24.3 Å². The van der Waals surface area contributed by atoms with Gasteiger partial charge in [-0.05, 0) is 86.5 Å². The van der Waals surface area contributed by atoms with Gasteiger partial charge in [0.05, 0.1) is 34.2 Å². The summed E-state index contributed by atoms with van der Waals surface area (Å²) in [6.07, 6.45) is -1.68. The van der Waals surface area contributed by atoms with Gasteiger partial charge in [-0.25, -0.2) is 14.8 Å². The first-order chi connectivity index (χ1) is 31.8. The molecule has 67 heavy (non-hydrogen) atoms. The molecule has 4 atom stereocenters. The Hall–Kier alpha value is -6.86. The number of nitrogens with one attached hydrogen (secondary N) is 2. The van der Waals surface area contributed by atoms with Crippen LogP contribution in [0.15, 0.2) is 110 Å². The number of hydrogen-bond donors (Lipinski definition) is 4. The van der Waals surface area contributed by atoms with Gasteiger partial charge in [-0.2, -0.15) is 26.3 Å². The second kappa shape index (κ2) is 19.5. The fourth-order valence-corrected chi connectivity index (χ4v) is 8.05. The van der Waals surface area contributed by atoms with Crippen LogP contribution >= 0.6 is 0 Å². The Morgan fingerprint density at radius 3 is 1.48 bits per heavy atom. The number of aliphatic hydroxyl groups excluding tert-OH is 2. The molecule has 0 bridgehead atoms. The van der Waals surface area contributed by atoms with Gasteiger partial charge in [0.2, 0.25) is 5.91 Å². The summed E-state index contributed by atoms with van der Waals surface area (Å²) in [6, 6.07) is 16.4. The average molecular weight is 931 g/mol. The normalized spacial score (nSPS) is 18.7. The number of likely N-dealkylation sites (tertiary alicyclic amines) is 2. The number of aromatic nitrogens is 4. The highest BCUT2D eigenvalue weighted by molar-refractivity contribution is 6.00. The van der Waals surface area contributed by atoms with Gasteiger partial charge in [-0.1, -0.05) is 30.8 Å². The molecule has 2 fully saturated rings. The first-order valence-corrected chi connectivity index (χ1v) is 21.2. The number of carbonyl (C=O) groups excluding carboxylic acids is 2. The molecule has 13 nitrogen and oxygen atoms in total. The first kappa shape index (κ1) is 48.1. The molecule has 0 unspecified atom stereocenters. The minimum atomic E-state index is -4.41.